The number of ether oxygens (including phenoxy) is 1. The van der Waals surface area contributed by atoms with Gasteiger partial charge in [0.05, 0.1) is 12.2 Å². The number of hydroxylamine groups is 1. The van der Waals surface area contributed by atoms with Gasteiger partial charge in [-0.1, -0.05) is 0 Å². The topological polar surface area (TPSA) is 67.8 Å². The maximum Gasteiger partial charge on any atom is 0.431 e. The second-order valence-electron chi connectivity index (χ2n) is 5.15. The van der Waals surface area contributed by atoms with E-state index >= 15 is 0 Å². The average Bonchev–Trinajstić information content (AvgIpc) is 2.14. The third-order valence-electron chi connectivity index (χ3n) is 2.35. The Morgan fingerprint density at radius 1 is 1.25 bits per heavy atom. The van der Waals surface area contributed by atoms with Crippen molar-refractivity contribution >= 4 is 6.09 Å². The van der Waals surface area contributed by atoms with Gasteiger partial charge in [-0.2, -0.15) is 5.48 Å². The van der Waals surface area contributed by atoms with Gasteiger partial charge in [0, 0.05) is 0 Å². The van der Waals surface area contributed by atoms with Crippen molar-refractivity contribution in [2.24, 2.45) is 0 Å². The molecule has 16 heavy (non-hydrogen) atoms. The first kappa shape index (κ1) is 13.3. The van der Waals surface area contributed by atoms with Crippen LogP contribution in [0.15, 0.2) is 0 Å². The molecule has 0 heterocycles. The van der Waals surface area contributed by atoms with Crippen molar-refractivity contribution in [3.63, 3.8) is 0 Å². The third-order valence-corrected chi connectivity index (χ3v) is 2.35. The van der Waals surface area contributed by atoms with Crippen LogP contribution >= 0.6 is 0 Å². The summed E-state index contributed by atoms with van der Waals surface area (Å²) in [7, 11) is 0. The summed E-state index contributed by atoms with van der Waals surface area (Å²) in [6.07, 6.45) is 2.16. The summed E-state index contributed by atoms with van der Waals surface area (Å²) in [5.41, 5.74) is 1.76. The van der Waals surface area contributed by atoms with Crippen molar-refractivity contribution in [2.45, 2.75) is 64.3 Å². The van der Waals surface area contributed by atoms with Crippen LogP contribution in [0.25, 0.3) is 0 Å². The number of amides is 1. The Bertz CT molecular complexity index is 229. The van der Waals surface area contributed by atoms with E-state index in [0.29, 0.717) is 0 Å². The van der Waals surface area contributed by atoms with Gasteiger partial charge in [-0.3, -0.25) is 4.84 Å². The molecule has 1 saturated carbocycles. The molecule has 0 aliphatic heterocycles. The van der Waals surface area contributed by atoms with Gasteiger partial charge in [-0.05, 0) is 46.5 Å². The van der Waals surface area contributed by atoms with Gasteiger partial charge in [0.15, 0.2) is 0 Å². The molecule has 0 aromatic heterocycles. The minimum absolute atomic E-state index is 0.0177. The van der Waals surface area contributed by atoms with Gasteiger partial charge in [-0.25, -0.2) is 4.79 Å². The number of carbonyl (C=O) groups excluding carboxylic acids is 1. The zero-order valence-corrected chi connectivity index (χ0v) is 10.2. The molecule has 0 aromatic rings. The van der Waals surface area contributed by atoms with E-state index in [1.54, 1.807) is 20.8 Å². The van der Waals surface area contributed by atoms with E-state index in [1.807, 2.05) is 0 Å². The van der Waals surface area contributed by atoms with Gasteiger partial charge in [0.25, 0.3) is 0 Å². The highest BCUT2D eigenvalue weighted by Crippen LogP contribution is 2.20. The lowest BCUT2D eigenvalue weighted by Crippen LogP contribution is -2.36. The van der Waals surface area contributed by atoms with Crippen LogP contribution in [0.5, 0.6) is 0 Å². The highest BCUT2D eigenvalue weighted by molar-refractivity contribution is 5.66. The summed E-state index contributed by atoms with van der Waals surface area (Å²) in [6, 6.07) is 0. The molecule has 1 amide bonds. The minimum Gasteiger partial charge on any atom is -0.442 e. The van der Waals surface area contributed by atoms with E-state index in [4.69, 9.17) is 9.57 Å². The van der Waals surface area contributed by atoms with E-state index in [2.05, 4.69) is 5.48 Å². The molecule has 0 unspecified atom stereocenters. The number of rotatable bonds is 2. The Balaban J connectivity index is 2.17. The van der Waals surface area contributed by atoms with Gasteiger partial charge in [0.2, 0.25) is 0 Å². The number of nitrogens with one attached hydrogen (secondary N) is 1. The van der Waals surface area contributed by atoms with E-state index in [1.165, 1.54) is 0 Å². The molecular formula is C11H21NO4. The van der Waals surface area contributed by atoms with Crippen LogP contribution in [0.3, 0.4) is 0 Å². The van der Waals surface area contributed by atoms with Crippen LogP contribution in [0, 0.1) is 0 Å². The van der Waals surface area contributed by atoms with Crippen LogP contribution < -0.4 is 5.48 Å². The molecule has 0 atom stereocenters. The SMILES string of the molecule is CC(C)(C)OC(=O)NOC1CCC(O)CC1. The second-order valence-corrected chi connectivity index (χ2v) is 5.15. The van der Waals surface area contributed by atoms with Gasteiger partial charge in [0.1, 0.15) is 5.60 Å². The van der Waals surface area contributed by atoms with Gasteiger partial charge < -0.3 is 9.84 Å². The maximum atomic E-state index is 11.3. The van der Waals surface area contributed by atoms with Crippen molar-refractivity contribution in [3.8, 4) is 0 Å². The first-order chi connectivity index (χ1) is 7.37. The zero-order valence-electron chi connectivity index (χ0n) is 10.2. The Kier molecular flexibility index (Phi) is 4.56. The molecule has 0 aromatic carbocycles. The van der Waals surface area contributed by atoms with E-state index in [-0.39, 0.29) is 12.2 Å². The van der Waals surface area contributed by atoms with E-state index in [0.717, 1.165) is 25.7 Å². The molecule has 1 aliphatic carbocycles. The zero-order chi connectivity index (χ0) is 12.2. The molecule has 0 spiro atoms. The Labute approximate surface area is 96.1 Å². The first-order valence-corrected chi connectivity index (χ1v) is 5.69. The first-order valence-electron chi connectivity index (χ1n) is 5.69. The minimum atomic E-state index is -0.571. The summed E-state index contributed by atoms with van der Waals surface area (Å²) >= 11 is 0. The molecule has 5 heteroatoms. The highest BCUT2D eigenvalue weighted by atomic mass is 16.7. The van der Waals surface area contributed by atoms with E-state index in [9.17, 15) is 9.90 Å². The molecule has 1 fully saturated rings. The predicted molar refractivity (Wildman–Crippen MR) is 58.7 cm³/mol. The quantitative estimate of drug-likeness (QED) is 0.710. The van der Waals surface area contributed by atoms with Crippen molar-refractivity contribution in [2.75, 3.05) is 0 Å². The van der Waals surface area contributed by atoms with E-state index < -0.39 is 11.7 Å². The summed E-state index contributed by atoms with van der Waals surface area (Å²) < 4.78 is 5.03. The fraction of sp³-hybridized carbons (Fsp3) is 0.909. The molecular weight excluding hydrogens is 210 g/mol. The predicted octanol–water partition coefficient (Wildman–Crippen LogP) is 1.75. The number of carbonyl (C=O) groups is 1. The standard InChI is InChI=1S/C11H21NO4/c1-11(2,3)15-10(14)12-16-9-6-4-8(13)5-7-9/h8-9,13H,4-7H2,1-3H3,(H,12,14). The highest BCUT2D eigenvalue weighted by Gasteiger charge is 2.22. The number of aliphatic hydroxyl groups is 1. The Morgan fingerprint density at radius 2 is 1.81 bits per heavy atom. The summed E-state index contributed by atoms with van der Waals surface area (Å²) in [6.45, 7) is 5.39. The smallest absolute Gasteiger partial charge is 0.431 e. The number of hydrogen-bond acceptors (Lipinski definition) is 4. The summed E-state index contributed by atoms with van der Waals surface area (Å²) in [5.74, 6) is 0. The lowest BCUT2D eigenvalue weighted by molar-refractivity contribution is -0.0650. The second kappa shape index (κ2) is 5.50. The van der Waals surface area contributed by atoms with Crippen molar-refractivity contribution in [1.29, 1.82) is 0 Å². The molecule has 0 bridgehead atoms. The molecule has 0 saturated heterocycles. The van der Waals surface area contributed by atoms with Gasteiger partial charge >= 0.3 is 6.09 Å². The largest absolute Gasteiger partial charge is 0.442 e. The maximum absolute atomic E-state index is 11.3. The molecule has 5 nitrogen and oxygen atoms in total. The van der Waals surface area contributed by atoms with Crippen molar-refractivity contribution < 1.29 is 19.5 Å². The van der Waals surface area contributed by atoms with Crippen LogP contribution in [-0.2, 0) is 9.57 Å². The molecule has 2 N–H and O–H groups in total. The fourth-order valence-corrected chi connectivity index (χ4v) is 1.59. The average molecular weight is 231 g/mol. The summed E-state index contributed by atoms with van der Waals surface area (Å²) in [4.78, 5) is 16.5. The molecule has 1 rings (SSSR count). The summed E-state index contributed by atoms with van der Waals surface area (Å²) in [5, 5.41) is 9.29. The van der Waals surface area contributed by atoms with Crippen LogP contribution in [0.4, 0.5) is 4.79 Å². The molecule has 94 valence electrons. The molecule has 1 aliphatic rings. The Morgan fingerprint density at radius 3 is 2.31 bits per heavy atom. The third kappa shape index (κ3) is 5.32. The number of aliphatic hydroxyl groups excluding tert-OH is 1. The fourth-order valence-electron chi connectivity index (χ4n) is 1.59. The van der Waals surface area contributed by atoms with Crippen LogP contribution in [-0.4, -0.2) is 29.0 Å². The van der Waals surface area contributed by atoms with Crippen molar-refractivity contribution in [3.05, 3.63) is 0 Å². The number of hydrogen-bond donors (Lipinski definition) is 2. The van der Waals surface area contributed by atoms with Crippen LogP contribution in [0.2, 0.25) is 0 Å². The molecule has 0 radical (unpaired) electrons. The van der Waals surface area contributed by atoms with Gasteiger partial charge in [-0.15, -0.1) is 0 Å². The normalized spacial score (nSPS) is 26.2. The monoisotopic (exact) mass is 231 g/mol. The van der Waals surface area contributed by atoms with Crippen LogP contribution in [0.1, 0.15) is 46.5 Å². The van der Waals surface area contributed by atoms with Crippen molar-refractivity contribution in [1.82, 2.24) is 5.48 Å². The lowest BCUT2D eigenvalue weighted by Gasteiger charge is -2.26. The lowest BCUT2D eigenvalue weighted by atomic mass is 9.95. The Hall–Kier alpha value is -0.810.